The number of anilines is 1. The van der Waals surface area contributed by atoms with Gasteiger partial charge in [0, 0.05) is 17.0 Å². The normalized spacial score (nSPS) is 16.4. The van der Waals surface area contributed by atoms with E-state index in [9.17, 15) is 13.2 Å². The molecule has 2 aromatic carbocycles. The predicted octanol–water partition coefficient (Wildman–Crippen LogP) is 4.76. The molecule has 1 amide bonds. The van der Waals surface area contributed by atoms with Crippen molar-refractivity contribution in [2.75, 3.05) is 11.0 Å². The molecule has 0 aliphatic carbocycles. The molecule has 1 aliphatic rings. The number of thiophene rings is 1. The van der Waals surface area contributed by atoms with Crippen LogP contribution in [0.1, 0.15) is 33.3 Å². The smallest absolute Gasteiger partial charge is 0.283 e. The Morgan fingerprint density at radius 3 is 2.57 bits per heavy atom. The van der Waals surface area contributed by atoms with Crippen molar-refractivity contribution in [2.45, 2.75) is 12.5 Å². The molecule has 154 valence electrons. The van der Waals surface area contributed by atoms with Crippen LogP contribution >= 0.6 is 22.9 Å². The lowest BCUT2D eigenvalue weighted by molar-refractivity contribution is 0.0716. The highest BCUT2D eigenvalue weighted by atomic mass is 35.5. The summed E-state index contributed by atoms with van der Waals surface area (Å²) in [5, 5.41) is 8.45. The monoisotopic (exact) mass is 459 g/mol. The number of para-hydroxylation sites is 1. The van der Waals surface area contributed by atoms with E-state index in [4.69, 9.17) is 11.6 Å². The van der Waals surface area contributed by atoms with Crippen LogP contribution in [0.2, 0.25) is 5.02 Å². The molecule has 9 heteroatoms. The molecule has 0 saturated heterocycles. The molecule has 1 aromatic heterocycles. The van der Waals surface area contributed by atoms with Gasteiger partial charge in [0.1, 0.15) is 0 Å². The summed E-state index contributed by atoms with van der Waals surface area (Å²) in [6.45, 7) is 0. The summed E-state index contributed by atoms with van der Waals surface area (Å²) in [5.41, 5.74) is 2.44. The number of sulfonamides is 1. The van der Waals surface area contributed by atoms with Crippen LogP contribution in [0.3, 0.4) is 0 Å². The lowest BCUT2D eigenvalue weighted by Crippen LogP contribution is -2.26. The zero-order valence-corrected chi connectivity index (χ0v) is 18.3. The van der Waals surface area contributed by atoms with E-state index < -0.39 is 16.1 Å². The predicted molar refractivity (Wildman–Crippen MR) is 121 cm³/mol. The van der Waals surface area contributed by atoms with Crippen LogP contribution in [-0.4, -0.2) is 31.3 Å². The second kappa shape index (κ2) is 8.22. The van der Waals surface area contributed by atoms with Gasteiger partial charge in [-0.1, -0.05) is 54.1 Å². The minimum atomic E-state index is -3.47. The molecule has 3 aromatic rings. The van der Waals surface area contributed by atoms with Gasteiger partial charge in [0.2, 0.25) is 10.0 Å². The molecule has 30 heavy (non-hydrogen) atoms. The number of nitrogens with one attached hydrogen (secondary N) is 1. The Morgan fingerprint density at radius 2 is 1.87 bits per heavy atom. The number of carbonyl (C=O) groups excluding carboxylic acids is 1. The van der Waals surface area contributed by atoms with Gasteiger partial charge in [-0.05, 0) is 29.1 Å². The molecule has 2 heterocycles. The van der Waals surface area contributed by atoms with Crippen molar-refractivity contribution in [2.24, 2.45) is 5.10 Å². The first kappa shape index (κ1) is 20.6. The first-order valence-corrected chi connectivity index (χ1v) is 12.2. The van der Waals surface area contributed by atoms with E-state index in [1.807, 2.05) is 29.6 Å². The van der Waals surface area contributed by atoms with Crippen LogP contribution < -0.4 is 4.72 Å². The van der Waals surface area contributed by atoms with Crippen LogP contribution in [-0.2, 0) is 10.0 Å². The van der Waals surface area contributed by atoms with Crippen molar-refractivity contribution in [1.29, 1.82) is 0 Å². The maximum absolute atomic E-state index is 13.2. The zero-order chi connectivity index (χ0) is 21.3. The van der Waals surface area contributed by atoms with Crippen molar-refractivity contribution < 1.29 is 13.2 Å². The summed E-state index contributed by atoms with van der Waals surface area (Å²) < 4.78 is 26.1. The number of amides is 1. The first-order chi connectivity index (χ1) is 14.3. The van der Waals surface area contributed by atoms with E-state index in [-0.39, 0.29) is 5.91 Å². The van der Waals surface area contributed by atoms with Crippen LogP contribution in [0.15, 0.2) is 71.1 Å². The second-order valence-corrected chi connectivity index (χ2v) is 9.94. The summed E-state index contributed by atoms with van der Waals surface area (Å²) >= 11 is 7.78. The summed E-state index contributed by atoms with van der Waals surface area (Å²) in [5.74, 6) is -0.224. The van der Waals surface area contributed by atoms with E-state index in [1.165, 1.54) is 16.3 Å². The highest BCUT2D eigenvalue weighted by Crippen LogP contribution is 2.38. The van der Waals surface area contributed by atoms with Crippen molar-refractivity contribution in [3.05, 3.63) is 87.1 Å². The third-order valence-electron chi connectivity index (χ3n) is 4.65. The maximum atomic E-state index is 13.2. The third kappa shape index (κ3) is 4.26. The number of hydrogen-bond donors (Lipinski definition) is 1. The van der Waals surface area contributed by atoms with Crippen LogP contribution in [0.5, 0.6) is 0 Å². The van der Waals surface area contributed by atoms with Gasteiger partial charge in [0.15, 0.2) is 0 Å². The van der Waals surface area contributed by atoms with E-state index in [1.54, 1.807) is 36.4 Å². The lowest BCUT2D eigenvalue weighted by Gasteiger charge is -2.22. The summed E-state index contributed by atoms with van der Waals surface area (Å²) in [6, 6.07) is 17.5. The highest BCUT2D eigenvalue weighted by molar-refractivity contribution is 7.92. The number of rotatable bonds is 5. The van der Waals surface area contributed by atoms with Gasteiger partial charge in [-0.3, -0.25) is 9.52 Å². The Morgan fingerprint density at radius 1 is 1.13 bits per heavy atom. The number of nitrogens with zero attached hydrogens (tertiary/aromatic N) is 2. The van der Waals surface area contributed by atoms with Crippen molar-refractivity contribution >= 4 is 50.3 Å². The van der Waals surface area contributed by atoms with Gasteiger partial charge in [0.25, 0.3) is 5.91 Å². The van der Waals surface area contributed by atoms with E-state index >= 15 is 0 Å². The molecule has 0 radical (unpaired) electrons. The molecule has 4 rings (SSSR count). The fraction of sp³-hybridized carbons (Fsp3) is 0.143. The zero-order valence-electron chi connectivity index (χ0n) is 15.9. The Bertz CT molecular complexity index is 1220. The van der Waals surface area contributed by atoms with E-state index in [0.717, 1.165) is 11.8 Å². The van der Waals surface area contributed by atoms with Gasteiger partial charge in [-0.2, -0.15) is 5.10 Å². The largest absolute Gasteiger partial charge is 0.284 e. The minimum Gasteiger partial charge on any atom is -0.283 e. The van der Waals surface area contributed by atoms with Crippen LogP contribution in [0.4, 0.5) is 5.69 Å². The molecule has 0 saturated carbocycles. The Balaban J connectivity index is 1.78. The first-order valence-electron chi connectivity index (χ1n) is 9.09. The molecule has 6 nitrogen and oxygen atoms in total. The Kier molecular flexibility index (Phi) is 5.64. The molecule has 0 spiro atoms. The number of benzene rings is 2. The SMILES string of the molecule is CS(=O)(=O)Nc1ccccc1C1=NN(C(=O)c2cccs2)[C@@H](c2ccccc2Cl)C1. The molecule has 0 bridgehead atoms. The molecule has 1 aliphatic heterocycles. The standard InChI is InChI=1S/C21H18ClN3O3S2/c1-30(27,28)24-17-10-5-3-8-15(17)18-13-19(14-7-2-4-9-16(14)22)25(23-18)21(26)20-11-6-12-29-20/h2-12,19,24H,13H2,1H3/t19-/m1/s1. The highest BCUT2D eigenvalue weighted by Gasteiger charge is 2.35. The molecule has 1 N–H and O–H groups in total. The molecule has 0 unspecified atom stereocenters. The van der Waals surface area contributed by atoms with Gasteiger partial charge < -0.3 is 0 Å². The summed E-state index contributed by atoms with van der Waals surface area (Å²) in [4.78, 5) is 13.7. The Hall–Kier alpha value is -2.68. The van der Waals surface area contributed by atoms with Gasteiger partial charge in [0.05, 0.1) is 28.6 Å². The molecular formula is C21H18ClN3O3S2. The lowest BCUT2D eigenvalue weighted by atomic mass is 9.97. The number of hydrazone groups is 1. The van der Waals surface area contributed by atoms with Crippen LogP contribution in [0, 0.1) is 0 Å². The fourth-order valence-electron chi connectivity index (χ4n) is 3.38. The van der Waals surface area contributed by atoms with Gasteiger partial charge in [-0.15, -0.1) is 11.3 Å². The van der Waals surface area contributed by atoms with E-state index in [2.05, 4.69) is 9.82 Å². The summed E-state index contributed by atoms with van der Waals surface area (Å²) in [6.07, 6.45) is 1.50. The maximum Gasteiger partial charge on any atom is 0.284 e. The van der Waals surface area contributed by atoms with Gasteiger partial charge >= 0.3 is 0 Å². The number of carbonyl (C=O) groups is 1. The topological polar surface area (TPSA) is 78.8 Å². The minimum absolute atomic E-state index is 0.224. The quantitative estimate of drug-likeness (QED) is 0.597. The van der Waals surface area contributed by atoms with Crippen molar-refractivity contribution in [1.82, 2.24) is 5.01 Å². The molecule has 1 atom stereocenters. The molecule has 0 fully saturated rings. The van der Waals surface area contributed by atoms with E-state index in [0.29, 0.717) is 33.3 Å². The number of hydrogen-bond acceptors (Lipinski definition) is 5. The average molecular weight is 460 g/mol. The van der Waals surface area contributed by atoms with Crippen LogP contribution in [0.25, 0.3) is 0 Å². The second-order valence-electron chi connectivity index (χ2n) is 6.83. The fourth-order valence-corrected chi connectivity index (χ4v) is 4.88. The van der Waals surface area contributed by atoms with Crippen molar-refractivity contribution in [3.8, 4) is 0 Å². The number of halogens is 1. The van der Waals surface area contributed by atoms with Gasteiger partial charge in [-0.25, -0.2) is 13.4 Å². The molecular weight excluding hydrogens is 442 g/mol. The third-order valence-corrected chi connectivity index (χ3v) is 6.44. The summed E-state index contributed by atoms with van der Waals surface area (Å²) in [7, 11) is -3.47. The average Bonchev–Trinajstić information content (AvgIpc) is 3.37. The Labute approximate surface area is 183 Å². The van der Waals surface area contributed by atoms with Crippen molar-refractivity contribution in [3.63, 3.8) is 0 Å².